The topological polar surface area (TPSA) is 32.3 Å². The molecule has 21 heavy (non-hydrogen) atoms. The van der Waals surface area contributed by atoms with Crippen LogP contribution in [-0.2, 0) is 5.75 Å². The van der Waals surface area contributed by atoms with Crippen molar-refractivity contribution in [1.82, 2.24) is 5.32 Å². The van der Waals surface area contributed by atoms with E-state index >= 15 is 0 Å². The Labute approximate surface area is 132 Å². The van der Waals surface area contributed by atoms with Gasteiger partial charge in [0.2, 0.25) is 0 Å². The number of hydrogen-bond donors (Lipinski definition) is 2. The third-order valence-corrected chi connectivity index (χ3v) is 6.09. The maximum Gasteiger partial charge on any atom is 0.0613 e. The van der Waals surface area contributed by atoms with E-state index in [1.54, 1.807) is 0 Å². The fourth-order valence-electron chi connectivity index (χ4n) is 3.57. The first-order valence-corrected chi connectivity index (χ1v) is 9.21. The summed E-state index contributed by atoms with van der Waals surface area (Å²) in [7, 11) is 0. The van der Waals surface area contributed by atoms with Crippen LogP contribution in [0.4, 0.5) is 0 Å². The average Bonchev–Trinajstić information content (AvgIpc) is 3.14. The monoisotopic (exact) mass is 305 g/mol. The summed E-state index contributed by atoms with van der Waals surface area (Å²) in [5, 5.41) is 14.2. The van der Waals surface area contributed by atoms with Crippen LogP contribution in [0.5, 0.6) is 0 Å². The van der Waals surface area contributed by atoms with E-state index in [-0.39, 0.29) is 5.54 Å². The van der Waals surface area contributed by atoms with Crippen LogP contribution < -0.4 is 5.32 Å². The molecule has 0 aromatic heterocycles. The lowest BCUT2D eigenvalue weighted by molar-refractivity contribution is 0.163. The minimum absolute atomic E-state index is 0.0152. The van der Waals surface area contributed by atoms with Gasteiger partial charge < -0.3 is 10.4 Å². The summed E-state index contributed by atoms with van der Waals surface area (Å²) in [5.41, 5.74) is 4.17. The van der Waals surface area contributed by atoms with Crippen molar-refractivity contribution in [1.29, 1.82) is 0 Å². The molecule has 2 unspecified atom stereocenters. The van der Waals surface area contributed by atoms with Gasteiger partial charge in [-0.25, -0.2) is 0 Å². The van der Waals surface area contributed by atoms with Crippen molar-refractivity contribution in [3.8, 4) is 0 Å². The van der Waals surface area contributed by atoms with E-state index < -0.39 is 0 Å². The van der Waals surface area contributed by atoms with Crippen LogP contribution in [0.15, 0.2) is 18.2 Å². The maximum atomic E-state index is 9.80. The second-order valence-electron chi connectivity index (χ2n) is 7.03. The van der Waals surface area contributed by atoms with Crippen LogP contribution in [-0.4, -0.2) is 28.5 Å². The van der Waals surface area contributed by atoms with Gasteiger partial charge >= 0.3 is 0 Å². The fraction of sp³-hybridized carbons (Fsp3) is 0.667. The zero-order chi connectivity index (χ0) is 14.9. The molecule has 0 radical (unpaired) electrons. The van der Waals surface area contributed by atoms with Crippen molar-refractivity contribution in [2.45, 2.75) is 68.5 Å². The maximum absolute atomic E-state index is 9.80. The molecule has 2 saturated carbocycles. The molecule has 2 N–H and O–H groups in total. The van der Waals surface area contributed by atoms with Gasteiger partial charge in [0.25, 0.3) is 0 Å². The molecule has 3 rings (SSSR count). The first-order chi connectivity index (χ1) is 10.1. The number of benzene rings is 1. The van der Waals surface area contributed by atoms with E-state index in [1.165, 1.54) is 36.0 Å². The fourth-order valence-corrected chi connectivity index (χ4v) is 4.88. The third kappa shape index (κ3) is 4.02. The highest BCUT2D eigenvalue weighted by Gasteiger charge is 2.42. The zero-order valence-corrected chi connectivity index (χ0v) is 14.0. The van der Waals surface area contributed by atoms with E-state index in [4.69, 9.17) is 0 Å². The highest BCUT2D eigenvalue weighted by atomic mass is 32.2. The molecule has 0 aliphatic heterocycles. The lowest BCUT2D eigenvalue weighted by Gasteiger charge is -2.28. The average molecular weight is 305 g/mol. The van der Waals surface area contributed by atoms with Crippen molar-refractivity contribution in [2.75, 3.05) is 6.61 Å². The molecule has 3 heteroatoms. The van der Waals surface area contributed by atoms with E-state index in [2.05, 4.69) is 49.1 Å². The van der Waals surface area contributed by atoms with Gasteiger partial charge in [-0.15, -0.1) is 0 Å². The van der Waals surface area contributed by atoms with Crippen molar-refractivity contribution in [2.24, 2.45) is 0 Å². The summed E-state index contributed by atoms with van der Waals surface area (Å²) in [4.78, 5) is 0. The standard InChI is InChI=1S/C18H27NOS/c1-13-7-14(2)9-15(8-13)11-21-17-5-6-18(10-17,12-20)19-16-3-4-16/h7-9,16-17,19-20H,3-6,10-12H2,1-2H3. The Hall–Kier alpha value is -0.510. The molecule has 1 aromatic carbocycles. The largest absolute Gasteiger partial charge is 0.394 e. The summed E-state index contributed by atoms with van der Waals surface area (Å²) >= 11 is 2.07. The van der Waals surface area contributed by atoms with Crippen LogP contribution in [0.25, 0.3) is 0 Å². The molecule has 2 atom stereocenters. The SMILES string of the molecule is Cc1cc(C)cc(CSC2CCC(CO)(NC3CC3)C2)c1. The predicted octanol–water partition coefficient (Wildman–Crippen LogP) is 3.57. The Morgan fingerprint density at radius 3 is 2.52 bits per heavy atom. The van der Waals surface area contributed by atoms with Crippen molar-refractivity contribution < 1.29 is 5.11 Å². The number of nitrogens with one attached hydrogen (secondary N) is 1. The Balaban J connectivity index is 1.54. The van der Waals surface area contributed by atoms with Crippen molar-refractivity contribution >= 4 is 11.8 Å². The molecular formula is C18H27NOS. The molecule has 2 fully saturated rings. The van der Waals surface area contributed by atoms with Gasteiger partial charge in [0.1, 0.15) is 0 Å². The Morgan fingerprint density at radius 2 is 1.90 bits per heavy atom. The number of aryl methyl sites for hydroxylation is 2. The first-order valence-electron chi connectivity index (χ1n) is 8.16. The predicted molar refractivity (Wildman–Crippen MR) is 90.8 cm³/mol. The number of aliphatic hydroxyl groups excluding tert-OH is 1. The highest BCUT2D eigenvalue weighted by Crippen LogP contribution is 2.40. The van der Waals surface area contributed by atoms with E-state index in [1.807, 2.05) is 0 Å². The van der Waals surface area contributed by atoms with Crippen LogP contribution in [0.1, 0.15) is 48.8 Å². The molecule has 116 valence electrons. The molecule has 0 saturated heterocycles. The lowest BCUT2D eigenvalue weighted by atomic mass is 9.99. The van der Waals surface area contributed by atoms with E-state index in [0.717, 1.165) is 18.6 Å². The molecular weight excluding hydrogens is 278 g/mol. The smallest absolute Gasteiger partial charge is 0.0613 e. The van der Waals surface area contributed by atoms with Gasteiger partial charge in [-0.05, 0) is 51.5 Å². The number of aliphatic hydroxyl groups is 1. The molecule has 1 aromatic rings. The van der Waals surface area contributed by atoms with Gasteiger partial charge in [0.15, 0.2) is 0 Å². The van der Waals surface area contributed by atoms with Crippen LogP contribution in [0, 0.1) is 13.8 Å². The minimum Gasteiger partial charge on any atom is -0.394 e. The van der Waals surface area contributed by atoms with Gasteiger partial charge in [0, 0.05) is 22.6 Å². The summed E-state index contributed by atoms with van der Waals surface area (Å²) in [6, 6.07) is 7.52. The highest BCUT2D eigenvalue weighted by molar-refractivity contribution is 7.99. The number of rotatable bonds is 6. The first kappa shape index (κ1) is 15.4. The van der Waals surface area contributed by atoms with Crippen LogP contribution in [0.2, 0.25) is 0 Å². The zero-order valence-electron chi connectivity index (χ0n) is 13.2. The Kier molecular flexibility index (Phi) is 4.63. The summed E-state index contributed by atoms with van der Waals surface area (Å²) in [6.45, 7) is 4.64. The molecule has 2 nitrogen and oxygen atoms in total. The molecule has 2 aliphatic carbocycles. The molecule has 0 heterocycles. The third-order valence-electron chi connectivity index (χ3n) is 4.72. The Morgan fingerprint density at radius 1 is 1.19 bits per heavy atom. The molecule has 2 aliphatic rings. The minimum atomic E-state index is 0.0152. The van der Waals surface area contributed by atoms with Crippen LogP contribution in [0.3, 0.4) is 0 Å². The van der Waals surface area contributed by atoms with E-state index in [9.17, 15) is 5.11 Å². The summed E-state index contributed by atoms with van der Waals surface area (Å²) in [5.74, 6) is 1.10. The van der Waals surface area contributed by atoms with Gasteiger partial charge in [-0.2, -0.15) is 11.8 Å². The second kappa shape index (κ2) is 6.31. The van der Waals surface area contributed by atoms with Gasteiger partial charge in [-0.1, -0.05) is 29.3 Å². The second-order valence-corrected chi connectivity index (χ2v) is 8.32. The molecule has 0 bridgehead atoms. The van der Waals surface area contributed by atoms with Gasteiger partial charge in [0.05, 0.1) is 6.61 Å². The quantitative estimate of drug-likeness (QED) is 0.842. The molecule has 0 spiro atoms. The van der Waals surface area contributed by atoms with Crippen molar-refractivity contribution in [3.05, 3.63) is 34.9 Å². The van der Waals surface area contributed by atoms with Crippen molar-refractivity contribution in [3.63, 3.8) is 0 Å². The normalized spacial score (nSPS) is 29.0. The van der Waals surface area contributed by atoms with Gasteiger partial charge in [-0.3, -0.25) is 0 Å². The molecule has 0 amide bonds. The van der Waals surface area contributed by atoms with E-state index in [0.29, 0.717) is 17.9 Å². The summed E-state index contributed by atoms with van der Waals surface area (Å²) in [6.07, 6.45) is 6.07. The number of thioether (sulfide) groups is 1. The van der Waals surface area contributed by atoms with Crippen LogP contribution >= 0.6 is 11.8 Å². The lowest BCUT2D eigenvalue weighted by Crippen LogP contribution is -2.47. The number of hydrogen-bond acceptors (Lipinski definition) is 3. The Bertz CT molecular complexity index is 480. The summed E-state index contributed by atoms with van der Waals surface area (Å²) < 4.78 is 0.